The summed E-state index contributed by atoms with van der Waals surface area (Å²) in [5, 5.41) is 3.60. The molecule has 1 N–H and O–H groups in total. The molecule has 0 aliphatic carbocycles. The van der Waals surface area contributed by atoms with Crippen LogP contribution in [0.4, 0.5) is 10.1 Å². The molecular formula is C27H27FN2O5S. The number of benzene rings is 3. The van der Waals surface area contributed by atoms with Crippen LogP contribution in [0.25, 0.3) is 0 Å². The summed E-state index contributed by atoms with van der Waals surface area (Å²) in [7, 11) is 4.54. The molecule has 0 amide bonds. The summed E-state index contributed by atoms with van der Waals surface area (Å²) in [4.78, 5) is 13.8. The largest absolute Gasteiger partial charge is 0.493 e. The van der Waals surface area contributed by atoms with Crippen LogP contribution >= 0.6 is 12.2 Å². The molecule has 3 aromatic rings. The van der Waals surface area contributed by atoms with Crippen LogP contribution in [-0.2, 0) is 11.2 Å². The van der Waals surface area contributed by atoms with Crippen LogP contribution in [0.3, 0.4) is 0 Å². The van der Waals surface area contributed by atoms with Crippen LogP contribution < -0.4 is 19.5 Å². The SMILES string of the molecule is COC(=O)c1ccc(OC[C@H]2c3cc(OC)c(OC)cc3CCN2C(=S)Nc2cccc(F)c2)cc1. The van der Waals surface area contributed by atoms with E-state index in [-0.39, 0.29) is 18.5 Å². The van der Waals surface area contributed by atoms with E-state index in [0.29, 0.717) is 40.2 Å². The van der Waals surface area contributed by atoms with Crippen molar-refractivity contribution in [2.75, 3.05) is 39.8 Å². The first-order valence-corrected chi connectivity index (χ1v) is 11.7. The third-order valence-corrected chi connectivity index (χ3v) is 6.36. The smallest absolute Gasteiger partial charge is 0.337 e. The molecule has 4 rings (SSSR count). The van der Waals surface area contributed by atoms with Gasteiger partial charge in [-0.25, -0.2) is 9.18 Å². The van der Waals surface area contributed by atoms with E-state index in [1.54, 1.807) is 50.6 Å². The Balaban J connectivity index is 1.62. The number of fused-ring (bicyclic) bond motifs is 1. The van der Waals surface area contributed by atoms with Crippen LogP contribution in [0.5, 0.6) is 17.2 Å². The number of ether oxygens (including phenoxy) is 4. The number of methoxy groups -OCH3 is 3. The Morgan fingerprint density at radius 3 is 2.44 bits per heavy atom. The monoisotopic (exact) mass is 510 g/mol. The standard InChI is InChI=1S/C27H27FN2O5S/c1-32-24-13-18-11-12-30(27(36)29-20-6-4-5-19(28)14-20)23(22(18)15-25(24)33-2)16-35-21-9-7-17(8-10-21)26(31)34-3/h4-10,13-15,23H,11-12,16H2,1-3H3,(H,29,36)/t23-/m0/s1. The first-order chi connectivity index (χ1) is 17.4. The molecule has 1 heterocycles. The highest BCUT2D eigenvalue weighted by atomic mass is 32.1. The molecule has 7 nitrogen and oxygen atoms in total. The van der Waals surface area contributed by atoms with Gasteiger partial charge in [0.05, 0.1) is 32.9 Å². The summed E-state index contributed by atoms with van der Waals surface area (Å²) in [6, 6.07) is 16.6. The Kier molecular flexibility index (Phi) is 7.90. The molecule has 1 aliphatic heterocycles. The molecule has 188 valence electrons. The van der Waals surface area contributed by atoms with Gasteiger partial charge >= 0.3 is 5.97 Å². The summed E-state index contributed by atoms with van der Waals surface area (Å²) in [5.41, 5.74) is 3.10. The van der Waals surface area contributed by atoms with Crippen LogP contribution in [0.15, 0.2) is 60.7 Å². The summed E-state index contributed by atoms with van der Waals surface area (Å²) < 4.78 is 35.7. The highest BCUT2D eigenvalue weighted by molar-refractivity contribution is 7.80. The number of carbonyl (C=O) groups excluding carboxylic acids is 1. The summed E-state index contributed by atoms with van der Waals surface area (Å²) in [5.74, 6) is 1.10. The lowest BCUT2D eigenvalue weighted by Gasteiger charge is -2.39. The molecule has 36 heavy (non-hydrogen) atoms. The van der Waals surface area contributed by atoms with Crippen molar-refractivity contribution >= 4 is 29.0 Å². The lowest BCUT2D eigenvalue weighted by atomic mass is 9.92. The van der Waals surface area contributed by atoms with Crippen LogP contribution in [0.1, 0.15) is 27.5 Å². The van der Waals surface area contributed by atoms with Gasteiger partial charge in [0, 0.05) is 12.2 Å². The number of anilines is 1. The quantitative estimate of drug-likeness (QED) is 0.352. The molecule has 9 heteroatoms. The highest BCUT2D eigenvalue weighted by Crippen LogP contribution is 2.38. The van der Waals surface area contributed by atoms with Gasteiger partial charge in [0.1, 0.15) is 18.2 Å². The number of thiocarbonyl (C=S) groups is 1. The minimum absolute atomic E-state index is 0.262. The molecule has 1 aliphatic rings. The number of hydrogen-bond acceptors (Lipinski definition) is 6. The molecule has 0 saturated carbocycles. The molecule has 0 unspecified atom stereocenters. The number of rotatable bonds is 7. The minimum atomic E-state index is -0.413. The number of halogens is 1. The van der Waals surface area contributed by atoms with E-state index in [4.69, 9.17) is 31.2 Å². The van der Waals surface area contributed by atoms with E-state index >= 15 is 0 Å². The summed E-state index contributed by atoms with van der Waals surface area (Å²) >= 11 is 5.73. The Bertz CT molecular complexity index is 1250. The van der Waals surface area contributed by atoms with Crippen molar-refractivity contribution in [3.63, 3.8) is 0 Å². The van der Waals surface area contributed by atoms with E-state index in [1.807, 2.05) is 17.0 Å². The Morgan fingerprint density at radius 2 is 1.78 bits per heavy atom. The van der Waals surface area contributed by atoms with Crippen molar-refractivity contribution in [2.24, 2.45) is 0 Å². The van der Waals surface area contributed by atoms with Gasteiger partial charge in [-0.15, -0.1) is 0 Å². The molecule has 0 fully saturated rings. The predicted octanol–water partition coefficient (Wildman–Crippen LogP) is 5.00. The zero-order chi connectivity index (χ0) is 25.7. The fourth-order valence-electron chi connectivity index (χ4n) is 4.19. The summed E-state index contributed by atoms with van der Waals surface area (Å²) in [6.07, 6.45) is 0.727. The minimum Gasteiger partial charge on any atom is -0.493 e. The van der Waals surface area contributed by atoms with E-state index in [0.717, 1.165) is 17.5 Å². The topological polar surface area (TPSA) is 69.3 Å². The maximum Gasteiger partial charge on any atom is 0.337 e. The van der Waals surface area contributed by atoms with Crippen LogP contribution in [0, 0.1) is 5.82 Å². The average molecular weight is 511 g/mol. The van der Waals surface area contributed by atoms with Crippen molar-refractivity contribution in [1.29, 1.82) is 0 Å². The van der Waals surface area contributed by atoms with Gasteiger partial charge in [-0.1, -0.05) is 6.07 Å². The maximum atomic E-state index is 13.7. The van der Waals surface area contributed by atoms with Gasteiger partial charge in [0.2, 0.25) is 0 Å². The molecule has 0 spiro atoms. The number of hydrogen-bond donors (Lipinski definition) is 1. The Morgan fingerprint density at radius 1 is 1.06 bits per heavy atom. The summed E-state index contributed by atoms with van der Waals surface area (Å²) in [6.45, 7) is 0.893. The molecule has 1 atom stereocenters. The molecule has 0 aromatic heterocycles. The fourth-order valence-corrected chi connectivity index (χ4v) is 4.53. The van der Waals surface area contributed by atoms with E-state index in [1.165, 1.54) is 19.2 Å². The molecule has 0 saturated heterocycles. The predicted molar refractivity (Wildman–Crippen MR) is 139 cm³/mol. The molecule has 0 bridgehead atoms. The number of carbonyl (C=O) groups is 1. The number of esters is 1. The first-order valence-electron chi connectivity index (χ1n) is 11.3. The lowest BCUT2D eigenvalue weighted by molar-refractivity contribution is 0.0600. The molecular weight excluding hydrogens is 483 g/mol. The lowest BCUT2D eigenvalue weighted by Crippen LogP contribution is -2.44. The highest BCUT2D eigenvalue weighted by Gasteiger charge is 2.31. The van der Waals surface area contributed by atoms with Crippen molar-refractivity contribution in [3.8, 4) is 17.2 Å². The van der Waals surface area contributed by atoms with E-state index in [9.17, 15) is 9.18 Å². The average Bonchev–Trinajstić information content (AvgIpc) is 2.90. The van der Waals surface area contributed by atoms with Crippen molar-refractivity contribution in [2.45, 2.75) is 12.5 Å². The van der Waals surface area contributed by atoms with Crippen molar-refractivity contribution < 1.29 is 28.1 Å². The van der Waals surface area contributed by atoms with Gasteiger partial charge < -0.3 is 29.2 Å². The maximum absolute atomic E-state index is 13.7. The Hall–Kier alpha value is -3.85. The third-order valence-electron chi connectivity index (χ3n) is 6.02. The second kappa shape index (κ2) is 11.3. The van der Waals surface area contributed by atoms with Crippen LogP contribution in [-0.4, -0.2) is 50.5 Å². The van der Waals surface area contributed by atoms with Crippen LogP contribution in [0.2, 0.25) is 0 Å². The van der Waals surface area contributed by atoms with E-state index in [2.05, 4.69) is 5.32 Å². The van der Waals surface area contributed by atoms with Crippen molar-refractivity contribution in [1.82, 2.24) is 4.90 Å². The van der Waals surface area contributed by atoms with Crippen molar-refractivity contribution in [3.05, 3.63) is 83.2 Å². The van der Waals surface area contributed by atoms with Gasteiger partial charge in [0.15, 0.2) is 16.6 Å². The van der Waals surface area contributed by atoms with Gasteiger partial charge in [0.25, 0.3) is 0 Å². The zero-order valence-corrected chi connectivity index (χ0v) is 21.1. The van der Waals surface area contributed by atoms with E-state index < -0.39 is 5.97 Å². The second-order valence-corrected chi connectivity index (χ2v) is 8.52. The van der Waals surface area contributed by atoms with Gasteiger partial charge in [-0.3, -0.25) is 0 Å². The first kappa shape index (κ1) is 25.2. The Labute approximate surface area is 214 Å². The number of nitrogens with zero attached hydrogens (tertiary/aromatic N) is 1. The fraction of sp³-hybridized carbons (Fsp3) is 0.259. The van der Waals surface area contributed by atoms with Gasteiger partial charge in [-0.05, 0) is 84.4 Å². The number of nitrogens with one attached hydrogen (secondary N) is 1. The third kappa shape index (κ3) is 5.52. The van der Waals surface area contributed by atoms with Gasteiger partial charge in [-0.2, -0.15) is 0 Å². The second-order valence-electron chi connectivity index (χ2n) is 8.13. The molecule has 3 aromatic carbocycles. The molecule has 0 radical (unpaired) electrons. The zero-order valence-electron chi connectivity index (χ0n) is 20.2. The normalized spacial score (nSPS) is 14.4.